The van der Waals surface area contributed by atoms with E-state index in [2.05, 4.69) is 18.8 Å². The van der Waals surface area contributed by atoms with Crippen molar-refractivity contribution >= 4 is 22.6 Å². The van der Waals surface area contributed by atoms with Crippen LogP contribution in [0.5, 0.6) is 0 Å². The van der Waals surface area contributed by atoms with Crippen LogP contribution in [0.4, 0.5) is 10.1 Å². The predicted octanol–water partition coefficient (Wildman–Crippen LogP) is 4.07. The highest BCUT2D eigenvalue weighted by Gasteiger charge is 2.17. The second-order valence-electron chi connectivity index (χ2n) is 6.31. The lowest BCUT2D eigenvalue weighted by molar-refractivity contribution is 0.0601. The molecule has 3 aromatic rings. The zero-order valence-corrected chi connectivity index (χ0v) is 15.2. The third-order valence-electron chi connectivity index (χ3n) is 4.33. The molecule has 0 unspecified atom stereocenters. The number of carbonyl (C=O) groups excluding carboxylic acids is 1. The fraction of sp³-hybridized carbons (Fsp3) is 0.250. The first-order valence-corrected chi connectivity index (χ1v) is 8.29. The van der Waals surface area contributed by atoms with Gasteiger partial charge >= 0.3 is 5.97 Å². The van der Waals surface area contributed by atoms with E-state index >= 15 is 0 Å². The Morgan fingerprint density at radius 2 is 1.92 bits per heavy atom. The van der Waals surface area contributed by atoms with E-state index in [9.17, 15) is 9.18 Å². The van der Waals surface area contributed by atoms with Crippen molar-refractivity contribution in [2.45, 2.75) is 19.9 Å². The summed E-state index contributed by atoms with van der Waals surface area (Å²) in [5.74, 6) is -0.954. The molecule has 0 spiro atoms. The zero-order valence-electron chi connectivity index (χ0n) is 15.2. The van der Waals surface area contributed by atoms with Crippen LogP contribution in [-0.4, -0.2) is 36.1 Å². The number of benzene rings is 1. The Hall–Kier alpha value is -3.02. The average molecular weight is 353 g/mol. The van der Waals surface area contributed by atoms with E-state index in [0.717, 1.165) is 11.1 Å². The highest BCUT2D eigenvalue weighted by molar-refractivity contribution is 5.96. The number of esters is 1. The molecule has 0 saturated heterocycles. The molecule has 2 heterocycles. The van der Waals surface area contributed by atoms with E-state index in [-0.39, 0.29) is 6.04 Å². The summed E-state index contributed by atoms with van der Waals surface area (Å²) in [4.78, 5) is 22.5. The number of methoxy groups -OCH3 is 1. The molecule has 6 heteroatoms. The summed E-state index contributed by atoms with van der Waals surface area (Å²) >= 11 is 0. The molecular formula is C20H20FN3O2. The molecule has 0 N–H and O–H groups in total. The Labute approximate surface area is 151 Å². The Bertz CT molecular complexity index is 972. The molecule has 0 radical (unpaired) electrons. The van der Waals surface area contributed by atoms with E-state index in [4.69, 9.17) is 9.72 Å². The number of anilines is 1. The third kappa shape index (κ3) is 3.35. The van der Waals surface area contributed by atoms with Gasteiger partial charge in [0.15, 0.2) is 0 Å². The average Bonchev–Trinajstić information content (AvgIpc) is 2.65. The molecule has 0 aliphatic heterocycles. The first-order chi connectivity index (χ1) is 12.4. The summed E-state index contributed by atoms with van der Waals surface area (Å²) < 4.78 is 18.4. The fourth-order valence-electron chi connectivity index (χ4n) is 2.69. The first kappa shape index (κ1) is 17.8. The Balaban J connectivity index is 2.25. The van der Waals surface area contributed by atoms with Gasteiger partial charge in [0, 0.05) is 18.5 Å². The van der Waals surface area contributed by atoms with Gasteiger partial charge in [0.2, 0.25) is 5.95 Å². The lowest BCUT2D eigenvalue weighted by Crippen LogP contribution is -2.26. The van der Waals surface area contributed by atoms with Gasteiger partial charge in [0.25, 0.3) is 0 Å². The van der Waals surface area contributed by atoms with Gasteiger partial charge in [-0.05, 0) is 50.2 Å². The fourth-order valence-corrected chi connectivity index (χ4v) is 2.69. The summed E-state index contributed by atoms with van der Waals surface area (Å²) in [6.07, 6.45) is 0. The summed E-state index contributed by atoms with van der Waals surface area (Å²) in [7, 11) is 3.29. The number of rotatable bonds is 4. The van der Waals surface area contributed by atoms with Crippen LogP contribution in [0.1, 0.15) is 24.2 Å². The van der Waals surface area contributed by atoms with Crippen LogP contribution >= 0.6 is 0 Å². The van der Waals surface area contributed by atoms with Gasteiger partial charge in [-0.1, -0.05) is 6.07 Å². The molecule has 0 aliphatic carbocycles. The van der Waals surface area contributed by atoms with Gasteiger partial charge in [-0.2, -0.15) is 4.39 Å². The van der Waals surface area contributed by atoms with E-state index in [1.807, 2.05) is 18.0 Å². The summed E-state index contributed by atoms with van der Waals surface area (Å²) in [6.45, 7) is 4.11. The quantitative estimate of drug-likeness (QED) is 0.523. The normalized spacial score (nSPS) is 11.0. The van der Waals surface area contributed by atoms with Gasteiger partial charge in [-0.15, -0.1) is 0 Å². The lowest BCUT2D eigenvalue weighted by atomic mass is 10.1. The van der Waals surface area contributed by atoms with Crippen molar-refractivity contribution in [2.24, 2.45) is 0 Å². The number of pyridine rings is 2. The molecular weight excluding hydrogens is 333 g/mol. The SMILES string of the molecule is COC(=O)c1ccc2nc(-c3cccc(F)n3)c(N(C)C(C)C)cc2c1. The van der Waals surface area contributed by atoms with Crippen LogP contribution < -0.4 is 4.90 Å². The molecule has 0 bridgehead atoms. The minimum absolute atomic E-state index is 0.199. The number of hydrogen-bond donors (Lipinski definition) is 0. The van der Waals surface area contributed by atoms with Crippen LogP contribution in [0.2, 0.25) is 0 Å². The van der Waals surface area contributed by atoms with Crippen LogP contribution in [0.3, 0.4) is 0 Å². The highest BCUT2D eigenvalue weighted by atomic mass is 19.1. The summed E-state index contributed by atoms with van der Waals surface area (Å²) in [6, 6.07) is 12.0. The number of aromatic nitrogens is 2. The first-order valence-electron chi connectivity index (χ1n) is 8.29. The topological polar surface area (TPSA) is 55.3 Å². The van der Waals surface area contributed by atoms with Gasteiger partial charge in [-0.25, -0.2) is 14.8 Å². The molecule has 0 amide bonds. The molecule has 1 aromatic carbocycles. The molecule has 0 atom stereocenters. The molecule has 5 nitrogen and oxygen atoms in total. The lowest BCUT2D eigenvalue weighted by Gasteiger charge is -2.26. The molecule has 134 valence electrons. The monoisotopic (exact) mass is 353 g/mol. The van der Waals surface area contributed by atoms with Crippen molar-refractivity contribution in [2.75, 3.05) is 19.1 Å². The summed E-state index contributed by atoms with van der Waals surface area (Å²) in [5.41, 5.74) is 3.02. The van der Waals surface area contributed by atoms with Crippen molar-refractivity contribution in [3.05, 3.63) is 54.0 Å². The molecule has 3 rings (SSSR count). The molecule has 0 fully saturated rings. The van der Waals surface area contributed by atoms with Crippen LogP contribution in [0.15, 0.2) is 42.5 Å². The van der Waals surface area contributed by atoms with Crippen molar-refractivity contribution in [1.29, 1.82) is 0 Å². The Morgan fingerprint density at radius 1 is 1.15 bits per heavy atom. The minimum atomic E-state index is -0.552. The van der Waals surface area contributed by atoms with Crippen LogP contribution in [-0.2, 0) is 4.74 Å². The number of nitrogens with zero attached hydrogens (tertiary/aromatic N) is 3. The number of halogens is 1. The van der Waals surface area contributed by atoms with Crippen molar-refractivity contribution in [1.82, 2.24) is 9.97 Å². The van der Waals surface area contributed by atoms with Gasteiger partial charge in [-0.3, -0.25) is 0 Å². The maximum Gasteiger partial charge on any atom is 0.337 e. The van der Waals surface area contributed by atoms with E-state index in [1.54, 1.807) is 30.3 Å². The summed E-state index contributed by atoms with van der Waals surface area (Å²) in [5, 5.41) is 0.801. The van der Waals surface area contributed by atoms with Crippen LogP contribution in [0, 0.1) is 5.95 Å². The minimum Gasteiger partial charge on any atom is -0.465 e. The number of fused-ring (bicyclic) bond motifs is 1. The van der Waals surface area contributed by atoms with Gasteiger partial charge in [0.05, 0.1) is 29.6 Å². The Morgan fingerprint density at radius 3 is 2.58 bits per heavy atom. The van der Waals surface area contributed by atoms with Crippen molar-refractivity contribution in [3.8, 4) is 11.4 Å². The highest BCUT2D eigenvalue weighted by Crippen LogP contribution is 2.32. The van der Waals surface area contributed by atoms with Crippen molar-refractivity contribution in [3.63, 3.8) is 0 Å². The molecule has 0 saturated carbocycles. The second-order valence-corrected chi connectivity index (χ2v) is 6.31. The molecule has 2 aromatic heterocycles. The van der Waals surface area contributed by atoms with Crippen LogP contribution in [0.25, 0.3) is 22.3 Å². The molecule has 0 aliphatic rings. The maximum absolute atomic E-state index is 13.6. The van der Waals surface area contributed by atoms with E-state index in [1.165, 1.54) is 13.2 Å². The zero-order chi connectivity index (χ0) is 18.8. The van der Waals surface area contributed by atoms with E-state index in [0.29, 0.717) is 22.5 Å². The molecule has 26 heavy (non-hydrogen) atoms. The standard InChI is InChI=1S/C20H20FN3O2/c1-12(2)24(3)17-11-14-10-13(20(25)26-4)8-9-15(14)23-19(17)16-6-5-7-18(21)22-16/h5-12H,1-4H3. The van der Waals surface area contributed by atoms with Gasteiger partial charge < -0.3 is 9.64 Å². The predicted molar refractivity (Wildman–Crippen MR) is 99.8 cm³/mol. The van der Waals surface area contributed by atoms with Gasteiger partial charge in [0.1, 0.15) is 5.69 Å². The van der Waals surface area contributed by atoms with E-state index < -0.39 is 11.9 Å². The third-order valence-corrected chi connectivity index (χ3v) is 4.33. The van der Waals surface area contributed by atoms with Crippen molar-refractivity contribution < 1.29 is 13.9 Å². The number of ether oxygens (including phenoxy) is 1. The smallest absolute Gasteiger partial charge is 0.337 e. The second kappa shape index (κ2) is 7.07. The largest absolute Gasteiger partial charge is 0.465 e. The maximum atomic E-state index is 13.6. The number of carbonyl (C=O) groups is 1. The number of hydrogen-bond acceptors (Lipinski definition) is 5. The Kier molecular flexibility index (Phi) is 4.84.